The number of carbonyl (C=O) groups is 1. The van der Waals surface area contributed by atoms with E-state index in [1.807, 2.05) is 5.38 Å². The number of rotatable bonds is 6. The second-order valence-corrected chi connectivity index (χ2v) is 5.24. The van der Waals surface area contributed by atoms with Crippen molar-refractivity contribution < 1.29 is 9.32 Å². The molecule has 0 aliphatic carbocycles. The van der Waals surface area contributed by atoms with Crippen LogP contribution in [0.5, 0.6) is 0 Å². The van der Waals surface area contributed by atoms with E-state index in [4.69, 9.17) is 4.52 Å². The molecule has 0 radical (unpaired) electrons. The second-order valence-electron chi connectivity index (χ2n) is 4.52. The summed E-state index contributed by atoms with van der Waals surface area (Å²) in [6.45, 7) is 0. The number of nitrogens with one attached hydrogen (secondary N) is 1. The van der Waals surface area contributed by atoms with Crippen molar-refractivity contribution in [3.63, 3.8) is 0 Å². The first-order chi connectivity index (χ1) is 10.8. The fourth-order valence-corrected chi connectivity index (χ4v) is 2.42. The minimum absolute atomic E-state index is 0.0524. The number of carbonyl (C=O) groups excluding carboxylic acids is 1. The van der Waals surface area contributed by atoms with E-state index in [0.717, 1.165) is 12.1 Å². The number of hydrogen-bond donors (Lipinski definition) is 1. The standard InChI is InChI=1S/C14H13N5O2S/c20-13(17-11-3-1-2-6-15-11)7-12-18-14(21-19-12)5-4-10-8-22-9-16-10/h1-3,6,8-9H,4-5,7H2,(H,15,17,20). The molecule has 3 aromatic heterocycles. The van der Waals surface area contributed by atoms with Gasteiger partial charge in [0.1, 0.15) is 5.82 Å². The first kappa shape index (κ1) is 14.3. The molecule has 8 heteroatoms. The van der Waals surface area contributed by atoms with Crippen LogP contribution in [0.1, 0.15) is 17.4 Å². The molecule has 0 aliphatic heterocycles. The van der Waals surface area contributed by atoms with Crippen molar-refractivity contribution in [1.82, 2.24) is 20.1 Å². The summed E-state index contributed by atoms with van der Waals surface area (Å²) in [7, 11) is 0. The van der Waals surface area contributed by atoms with Crippen LogP contribution in [0.4, 0.5) is 5.82 Å². The molecule has 0 aliphatic rings. The van der Waals surface area contributed by atoms with Crippen LogP contribution in [0.15, 0.2) is 39.8 Å². The van der Waals surface area contributed by atoms with Gasteiger partial charge in [-0.3, -0.25) is 4.79 Å². The first-order valence-electron chi connectivity index (χ1n) is 6.69. The van der Waals surface area contributed by atoms with Crippen molar-refractivity contribution in [2.24, 2.45) is 0 Å². The van der Waals surface area contributed by atoms with E-state index in [2.05, 4.69) is 25.4 Å². The summed E-state index contributed by atoms with van der Waals surface area (Å²) in [5.74, 6) is 1.14. The van der Waals surface area contributed by atoms with Crippen LogP contribution in [0, 0.1) is 0 Å². The minimum Gasteiger partial charge on any atom is -0.339 e. The molecule has 0 spiro atoms. The third-order valence-electron chi connectivity index (χ3n) is 2.84. The number of pyridine rings is 1. The minimum atomic E-state index is -0.231. The van der Waals surface area contributed by atoms with E-state index in [1.165, 1.54) is 0 Å². The highest BCUT2D eigenvalue weighted by molar-refractivity contribution is 7.07. The second kappa shape index (κ2) is 6.90. The van der Waals surface area contributed by atoms with Crippen molar-refractivity contribution >= 4 is 23.1 Å². The lowest BCUT2D eigenvalue weighted by Crippen LogP contribution is -2.16. The molecular formula is C14H13N5O2S. The van der Waals surface area contributed by atoms with E-state index >= 15 is 0 Å². The summed E-state index contributed by atoms with van der Waals surface area (Å²) in [4.78, 5) is 24.3. The topological polar surface area (TPSA) is 93.8 Å². The molecule has 0 saturated heterocycles. The molecule has 22 heavy (non-hydrogen) atoms. The van der Waals surface area contributed by atoms with Gasteiger partial charge in [0, 0.05) is 18.0 Å². The van der Waals surface area contributed by atoms with E-state index < -0.39 is 0 Å². The van der Waals surface area contributed by atoms with Crippen LogP contribution in [-0.4, -0.2) is 26.0 Å². The average molecular weight is 315 g/mol. The molecule has 0 atom stereocenters. The zero-order valence-electron chi connectivity index (χ0n) is 11.6. The summed E-state index contributed by atoms with van der Waals surface area (Å²) in [5.41, 5.74) is 2.79. The lowest BCUT2D eigenvalue weighted by Gasteiger charge is -2.00. The van der Waals surface area contributed by atoms with E-state index in [-0.39, 0.29) is 12.3 Å². The van der Waals surface area contributed by atoms with Crippen molar-refractivity contribution in [2.45, 2.75) is 19.3 Å². The Morgan fingerprint density at radius 1 is 1.27 bits per heavy atom. The lowest BCUT2D eigenvalue weighted by molar-refractivity contribution is -0.115. The van der Waals surface area contributed by atoms with Gasteiger partial charge in [-0.05, 0) is 18.6 Å². The number of anilines is 1. The molecular weight excluding hydrogens is 302 g/mol. The summed E-state index contributed by atoms with van der Waals surface area (Å²) in [5, 5.41) is 8.47. The maximum atomic E-state index is 11.9. The Morgan fingerprint density at radius 2 is 2.23 bits per heavy atom. The maximum absolute atomic E-state index is 11.9. The van der Waals surface area contributed by atoms with Gasteiger partial charge in [-0.2, -0.15) is 4.98 Å². The first-order valence-corrected chi connectivity index (χ1v) is 7.63. The number of nitrogens with zero attached hydrogens (tertiary/aromatic N) is 4. The molecule has 0 fully saturated rings. The highest BCUT2D eigenvalue weighted by Gasteiger charge is 2.12. The molecule has 1 amide bonds. The number of aryl methyl sites for hydroxylation is 2. The normalized spacial score (nSPS) is 10.5. The van der Waals surface area contributed by atoms with Gasteiger partial charge < -0.3 is 9.84 Å². The van der Waals surface area contributed by atoms with Crippen molar-refractivity contribution in [3.05, 3.63) is 52.7 Å². The zero-order chi connectivity index (χ0) is 15.2. The molecule has 0 aromatic carbocycles. The van der Waals surface area contributed by atoms with Crippen LogP contribution in [0.3, 0.4) is 0 Å². The third kappa shape index (κ3) is 3.95. The van der Waals surface area contributed by atoms with Crippen LogP contribution < -0.4 is 5.32 Å². The predicted molar refractivity (Wildman–Crippen MR) is 80.4 cm³/mol. The number of amides is 1. The Labute approximate surface area is 130 Å². The Kier molecular flexibility index (Phi) is 4.50. The lowest BCUT2D eigenvalue weighted by atomic mass is 10.2. The molecule has 3 heterocycles. The van der Waals surface area contributed by atoms with Gasteiger partial charge in [0.15, 0.2) is 5.82 Å². The van der Waals surface area contributed by atoms with Crippen LogP contribution >= 0.6 is 11.3 Å². The average Bonchev–Trinajstić information content (AvgIpc) is 3.17. The summed E-state index contributed by atoms with van der Waals surface area (Å²) in [6.07, 6.45) is 3.02. The fraction of sp³-hybridized carbons (Fsp3) is 0.214. The summed E-state index contributed by atoms with van der Waals surface area (Å²) in [6, 6.07) is 5.30. The van der Waals surface area contributed by atoms with Gasteiger partial charge in [-0.25, -0.2) is 9.97 Å². The Hall–Kier alpha value is -2.61. The predicted octanol–water partition coefficient (Wildman–Crippen LogP) is 1.89. The summed E-state index contributed by atoms with van der Waals surface area (Å²) < 4.78 is 5.13. The van der Waals surface area contributed by atoms with Gasteiger partial charge in [0.05, 0.1) is 17.6 Å². The van der Waals surface area contributed by atoms with Crippen molar-refractivity contribution in [1.29, 1.82) is 0 Å². The van der Waals surface area contributed by atoms with Crippen LogP contribution in [0.25, 0.3) is 0 Å². The number of aromatic nitrogens is 4. The van der Waals surface area contributed by atoms with Gasteiger partial charge in [-0.15, -0.1) is 11.3 Å². The molecule has 7 nitrogen and oxygen atoms in total. The highest BCUT2D eigenvalue weighted by Crippen LogP contribution is 2.07. The van der Waals surface area contributed by atoms with Crippen LogP contribution in [-0.2, 0) is 24.1 Å². The van der Waals surface area contributed by atoms with Gasteiger partial charge >= 0.3 is 0 Å². The molecule has 0 bridgehead atoms. The SMILES string of the molecule is O=C(Cc1noc(CCc2cscn2)n1)Nc1ccccn1. The molecule has 3 rings (SSSR count). The number of hydrogen-bond acceptors (Lipinski definition) is 7. The zero-order valence-corrected chi connectivity index (χ0v) is 12.4. The fourth-order valence-electron chi connectivity index (χ4n) is 1.83. The highest BCUT2D eigenvalue weighted by atomic mass is 32.1. The Morgan fingerprint density at radius 3 is 3.00 bits per heavy atom. The van der Waals surface area contributed by atoms with Gasteiger partial charge in [-0.1, -0.05) is 11.2 Å². The summed E-state index contributed by atoms with van der Waals surface area (Å²) >= 11 is 1.55. The molecule has 0 saturated carbocycles. The molecule has 1 N–H and O–H groups in total. The Bertz CT molecular complexity index is 727. The smallest absolute Gasteiger partial charge is 0.233 e. The largest absolute Gasteiger partial charge is 0.339 e. The van der Waals surface area contributed by atoms with Gasteiger partial charge in [0.25, 0.3) is 0 Å². The van der Waals surface area contributed by atoms with Crippen molar-refractivity contribution in [2.75, 3.05) is 5.32 Å². The Balaban J connectivity index is 1.51. The van der Waals surface area contributed by atoms with E-state index in [0.29, 0.717) is 24.0 Å². The molecule has 112 valence electrons. The quantitative estimate of drug-likeness (QED) is 0.746. The molecule has 0 unspecified atom stereocenters. The van der Waals surface area contributed by atoms with E-state index in [9.17, 15) is 4.79 Å². The number of thiazole rings is 1. The van der Waals surface area contributed by atoms with Crippen molar-refractivity contribution in [3.8, 4) is 0 Å². The molecule has 3 aromatic rings. The van der Waals surface area contributed by atoms with E-state index in [1.54, 1.807) is 41.2 Å². The van der Waals surface area contributed by atoms with Crippen LogP contribution in [0.2, 0.25) is 0 Å². The monoisotopic (exact) mass is 315 g/mol. The maximum Gasteiger partial charge on any atom is 0.233 e. The van der Waals surface area contributed by atoms with Gasteiger partial charge in [0.2, 0.25) is 11.8 Å². The third-order valence-corrected chi connectivity index (χ3v) is 3.47.